The molecule has 1 aromatic rings. The van der Waals surface area contributed by atoms with Gasteiger partial charge >= 0.3 is 0 Å². The Morgan fingerprint density at radius 3 is 2.94 bits per heavy atom. The molecule has 0 fully saturated rings. The molecule has 0 N–H and O–H groups in total. The van der Waals surface area contributed by atoms with Crippen molar-refractivity contribution in [1.82, 2.24) is 5.01 Å². The van der Waals surface area contributed by atoms with Crippen LogP contribution in [0.4, 0.5) is 4.39 Å². The first-order valence-electron chi connectivity index (χ1n) is 5.30. The Morgan fingerprint density at radius 1 is 1.50 bits per heavy atom. The molecule has 0 unspecified atom stereocenters. The molecule has 84 valence electrons. The Bertz CT molecular complexity index is 442. The fourth-order valence-electron chi connectivity index (χ4n) is 1.66. The quantitative estimate of drug-likeness (QED) is 0.769. The topological polar surface area (TPSA) is 32.7 Å². The molecule has 0 radical (unpaired) electrons. The molecule has 16 heavy (non-hydrogen) atoms. The fraction of sp³-hybridized carbons (Fsp3) is 0.333. The van der Waals surface area contributed by atoms with Crippen molar-refractivity contribution in [3.05, 3.63) is 35.6 Å². The molecule has 0 saturated carbocycles. The molecule has 0 aromatic heterocycles. The van der Waals surface area contributed by atoms with E-state index in [1.165, 1.54) is 17.1 Å². The number of hydrogen-bond acceptors (Lipinski definition) is 2. The molecule has 1 heterocycles. The first kappa shape index (κ1) is 10.8. The smallest absolute Gasteiger partial charge is 0.248 e. The summed E-state index contributed by atoms with van der Waals surface area (Å²) in [5.74, 6) is -0.301. The molecule has 3 nitrogen and oxygen atoms in total. The molecule has 1 amide bonds. The largest absolute Gasteiger partial charge is 0.273 e. The van der Waals surface area contributed by atoms with Crippen LogP contribution in [0, 0.1) is 5.82 Å². The maximum atomic E-state index is 12.9. The minimum Gasteiger partial charge on any atom is -0.273 e. The third-order valence-electron chi connectivity index (χ3n) is 2.53. The van der Waals surface area contributed by atoms with Gasteiger partial charge in [-0.15, -0.1) is 0 Å². The van der Waals surface area contributed by atoms with Crippen molar-refractivity contribution in [3.8, 4) is 0 Å². The van der Waals surface area contributed by atoms with Crippen molar-refractivity contribution in [2.24, 2.45) is 5.10 Å². The molecule has 1 aliphatic heterocycles. The van der Waals surface area contributed by atoms with Crippen molar-refractivity contribution in [2.45, 2.75) is 26.3 Å². The lowest BCUT2D eigenvalue weighted by atomic mass is 10.2. The Kier molecular flexibility index (Phi) is 2.99. The summed E-state index contributed by atoms with van der Waals surface area (Å²) in [7, 11) is 0. The number of carbonyl (C=O) groups excluding carboxylic acids is 1. The van der Waals surface area contributed by atoms with Crippen molar-refractivity contribution in [2.75, 3.05) is 0 Å². The molecule has 0 atom stereocenters. The van der Waals surface area contributed by atoms with Crippen LogP contribution in [0.25, 0.3) is 0 Å². The van der Waals surface area contributed by atoms with Gasteiger partial charge in [-0.25, -0.2) is 9.40 Å². The highest BCUT2D eigenvalue weighted by atomic mass is 19.1. The molecular formula is C12H13FN2O. The number of hydrazone groups is 1. The monoisotopic (exact) mass is 220 g/mol. The van der Waals surface area contributed by atoms with Gasteiger partial charge in [-0.2, -0.15) is 5.10 Å². The molecule has 0 spiro atoms. The van der Waals surface area contributed by atoms with Gasteiger partial charge in [-0.1, -0.05) is 19.1 Å². The highest BCUT2D eigenvalue weighted by Crippen LogP contribution is 2.15. The van der Waals surface area contributed by atoms with Gasteiger partial charge in [0.1, 0.15) is 5.82 Å². The summed E-state index contributed by atoms with van der Waals surface area (Å²) in [6.45, 7) is 2.32. The zero-order valence-corrected chi connectivity index (χ0v) is 9.11. The van der Waals surface area contributed by atoms with E-state index in [0.717, 1.165) is 17.7 Å². The van der Waals surface area contributed by atoms with Crippen molar-refractivity contribution in [1.29, 1.82) is 0 Å². The Morgan fingerprint density at radius 2 is 2.31 bits per heavy atom. The maximum Gasteiger partial charge on any atom is 0.248 e. The lowest BCUT2D eigenvalue weighted by Crippen LogP contribution is -2.20. The Hall–Kier alpha value is -1.71. The Labute approximate surface area is 93.6 Å². The van der Waals surface area contributed by atoms with Gasteiger partial charge in [0.15, 0.2) is 0 Å². The summed E-state index contributed by atoms with van der Waals surface area (Å²) in [5, 5.41) is 5.60. The minimum atomic E-state index is -0.288. The van der Waals surface area contributed by atoms with Gasteiger partial charge in [0.25, 0.3) is 0 Å². The molecule has 0 aliphatic carbocycles. The normalized spacial score (nSPS) is 15.5. The Balaban J connectivity index is 2.10. The second-order valence-electron chi connectivity index (χ2n) is 3.78. The van der Waals surface area contributed by atoms with Crippen LogP contribution in [-0.2, 0) is 11.3 Å². The van der Waals surface area contributed by atoms with E-state index in [2.05, 4.69) is 5.10 Å². The number of halogens is 1. The third kappa shape index (κ3) is 2.27. The summed E-state index contributed by atoms with van der Waals surface area (Å²) in [6, 6.07) is 6.23. The van der Waals surface area contributed by atoms with Gasteiger partial charge < -0.3 is 0 Å². The average Bonchev–Trinajstić information content (AvgIpc) is 2.60. The molecule has 1 aromatic carbocycles. The van der Waals surface area contributed by atoms with E-state index in [4.69, 9.17) is 0 Å². The van der Waals surface area contributed by atoms with E-state index in [9.17, 15) is 9.18 Å². The molecule has 0 saturated heterocycles. The van der Waals surface area contributed by atoms with Crippen molar-refractivity contribution < 1.29 is 9.18 Å². The van der Waals surface area contributed by atoms with Crippen molar-refractivity contribution >= 4 is 11.6 Å². The highest BCUT2D eigenvalue weighted by molar-refractivity contribution is 6.04. The van der Waals surface area contributed by atoms with E-state index in [1.807, 2.05) is 6.92 Å². The summed E-state index contributed by atoms with van der Waals surface area (Å²) < 4.78 is 12.9. The number of rotatable bonds is 3. The molecule has 4 heteroatoms. The zero-order chi connectivity index (χ0) is 11.5. The number of hydrogen-bond donors (Lipinski definition) is 0. The predicted octanol–water partition coefficient (Wildman–Crippen LogP) is 2.32. The predicted molar refractivity (Wildman–Crippen MR) is 59.3 cm³/mol. The van der Waals surface area contributed by atoms with E-state index in [0.29, 0.717) is 13.0 Å². The first-order valence-corrected chi connectivity index (χ1v) is 5.30. The summed E-state index contributed by atoms with van der Waals surface area (Å²) in [5.41, 5.74) is 1.65. The molecular weight excluding hydrogens is 207 g/mol. The summed E-state index contributed by atoms with van der Waals surface area (Å²) >= 11 is 0. The van der Waals surface area contributed by atoms with E-state index in [1.54, 1.807) is 12.1 Å². The second-order valence-corrected chi connectivity index (χ2v) is 3.78. The van der Waals surface area contributed by atoms with Gasteiger partial charge in [-0.05, 0) is 24.1 Å². The van der Waals surface area contributed by atoms with Gasteiger partial charge in [0.05, 0.1) is 13.0 Å². The first-order chi connectivity index (χ1) is 7.69. The zero-order valence-electron chi connectivity index (χ0n) is 9.11. The van der Waals surface area contributed by atoms with Gasteiger partial charge in [0, 0.05) is 5.71 Å². The fourth-order valence-corrected chi connectivity index (χ4v) is 1.66. The van der Waals surface area contributed by atoms with Crippen LogP contribution in [0.1, 0.15) is 25.3 Å². The number of amides is 1. The van der Waals surface area contributed by atoms with E-state index < -0.39 is 0 Å². The van der Waals surface area contributed by atoms with Gasteiger partial charge in [-0.3, -0.25) is 4.79 Å². The van der Waals surface area contributed by atoms with Crippen LogP contribution in [0.3, 0.4) is 0 Å². The molecule has 1 aliphatic rings. The standard InChI is InChI=1S/C12H13FN2O/c1-2-11-7-12(16)15(14-11)8-9-4-3-5-10(13)6-9/h3-6H,2,7-8H2,1H3. The van der Waals surface area contributed by atoms with Crippen molar-refractivity contribution in [3.63, 3.8) is 0 Å². The number of benzene rings is 1. The lowest BCUT2D eigenvalue weighted by Gasteiger charge is -2.11. The maximum absolute atomic E-state index is 12.9. The van der Waals surface area contributed by atoms with E-state index >= 15 is 0 Å². The van der Waals surface area contributed by atoms with Crippen LogP contribution in [-0.4, -0.2) is 16.6 Å². The van der Waals surface area contributed by atoms with Crippen LogP contribution in [0.2, 0.25) is 0 Å². The third-order valence-corrected chi connectivity index (χ3v) is 2.53. The average molecular weight is 220 g/mol. The minimum absolute atomic E-state index is 0.0129. The van der Waals surface area contributed by atoms with Crippen LogP contribution in [0.5, 0.6) is 0 Å². The summed E-state index contributed by atoms with van der Waals surface area (Å²) in [4.78, 5) is 11.6. The van der Waals surface area contributed by atoms with Crippen LogP contribution >= 0.6 is 0 Å². The lowest BCUT2D eigenvalue weighted by molar-refractivity contribution is -0.129. The SMILES string of the molecule is CCC1=NN(Cc2cccc(F)c2)C(=O)C1. The molecule has 0 bridgehead atoms. The number of carbonyl (C=O) groups is 1. The van der Waals surface area contributed by atoms with Crippen LogP contribution < -0.4 is 0 Å². The number of nitrogens with zero attached hydrogens (tertiary/aromatic N) is 2. The van der Waals surface area contributed by atoms with Gasteiger partial charge in [0.2, 0.25) is 5.91 Å². The van der Waals surface area contributed by atoms with Crippen LogP contribution in [0.15, 0.2) is 29.4 Å². The second kappa shape index (κ2) is 4.43. The highest BCUT2D eigenvalue weighted by Gasteiger charge is 2.22. The summed E-state index contributed by atoms with van der Waals surface area (Å²) in [6.07, 6.45) is 1.18. The molecule has 2 rings (SSSR count). The van der Waals surface area contributed by atoms with E-state index in [-0.39, 0.29) is 11.7 Å².